The molecule has 0 aliphatic carbocycles. The third kappa shape index (κ3) is 3.58. The molecule has 0 bridgehead atoms. The number of ether oxygens (including phenoxy) is 1. The minimum Gasteiger partial charge on any atom is -0.444 e. The van der Waals surface area contributed by atoms with Crippen molar-refractivity contribution >= 4 is 12.4 Å². The van der Waals surface area contributed by atoms with E-state index < -0.39 is 17.7 Å². The first-order valence-electron chi connectivity index (χ1n) is 5.59. The Kier molecular flexibility index (Phi) is 4.11. The van der Waals surface area contributed by atoms with E-state index in [4.69, 9.17) is 9.26 Å². The highest BCUT2D eigenvalue weighted by molar-refractivity contribution is 5.74. The normalized spacial score (nSPS) is 12.9. The predicted molar refractivity (Wildman–Crippen MR) is 64.0 cm³/mol. The van der Waals surface area contributed by atoms with E-state index in [1.165, 1.54) is 11.9 Å². The van der Waals surface area contributed by atoms with Gasteiger partial charge in [0.2, 0.25) is 0 Å². The molecule has 18 heavy (non-hydrogen) atoms. The van der Waals surface area contributed by atoms with Crippen molar-refractivity contribution in [2.45, 2.75) is 39.3 Å². The second-order valence-electron chi connectivity index (χ2n) is 5.03. The van der Waals surface area contributed by atoms with Gasteiger partial charge in [-0.15, -0.1) is 0 Å². The molecule has 1 heterocycles. The van der Waals surface area contributed by atoms with Crippen LogP contribution in [0, 0.1) is 6.92 Å². The zero-order valence-corrected chi connectivity index (χ0v) is 11.3. The molecule has 1 aromatic heterocycles. The van der Waals surface area contributed by atoms with Gasteiger partial charge in [0.25, 0.3) is 0 Å². The van der Waals surface area contributed by atoms with Crippen LogP contribution in [0.1, 0.15) is 38.3 Å². The summed E-state index contributed by atoms with van der Waals surface area (Å²) < 4.78 is 10.1. The first kappa shape index (κ1) is 14.2. The average molecular weight is 254 g/mol. The lowest BCUT2D eigenvalue weighted by molar-refractivity contribution is -0.112. The van der Waals surface area contributed by atoms with Gasteiger partial charge in [-0.1, -0.05) is 5.16 Å². The van der Waals surface area contributed by atoms with Crippen LogP contribution in [0.3, 0.4) is 0 Å². The summed E-state index contributed by atoms with van der Waals surface area (Å²) in [6, 6.07) is 0.803. The molecule has 0 radical (unpaired) electrons. The van der Waals surface area contributed by atoms with E-state index in [0.717, 1.165) is 0 Å². The monoisotopic (exact) mass is 254 g/mol. The fourth-order valence-electron chi connectivity index (χ4n) is 1.33. The molecule has 0 aromatic carbocycles. The third-order valence-corrected chi connectivity index (χ3v) is 2.18. The van der Waals surface area contributed by atoms with Crippen molar-refractivity contribution < 1.29 is 18.8 Å². The lowest BCUT2D eigenvalue weighted by Crippen LogP contribution is -2.37. The van der Waals surface area contributed by atoms with E-state index >= 15 is 0 Å². The number of amides is 1. The highest BCUT2D eigenvalue weighted by atomic mass is 16.6. The summed E-state index contributed by atoms with van der Waals surface area (Å²) in [4.78, 5) is 24.1. The molecule has 1 unspecified atom stereocenters. The highest BCUT2D eigenvalue weighted by Crippen LogP contribution is 2.19. The van der Waals surface area contributed by atoms with Gasteiger partial charge >= 0.3 is 6.09 Å². The molecule has 1 aromatic rings. The second-order valence-corrected chi connectivity index (χ2v) is 5.03. The van der Waals surface area contributed by atoms with Gasteiger partial charge in [0.1, 0.15) is 29.4 Å². The Morgan fingerprint density at radius 3 is 2.56 bits per heavy atom. The van der Waals surface area contributed by atoms with Crippen LogP contribution < -0.4 is 0 Å². The molecule has 0 aliphatic heterocycles. The van der Waals surface area contributed by atoms with E-state index in [9.17, 15) is 9.59 Å². The van der Waals surface area contributed by atoms with E-state index in [0.29, 0.717) is 17.7 Å². The molecular weight excluding hydrogens is 236 g/mol. The van der Waals surface area contributed by atoms with E-state index in [1.807, 2.05) is 0 Å². The van der Waals surface area contributed by atoms with Gasteiger partial charge in [-0.25, -0.2) is 4.79 Å². The fourth-order valence-corrected chi connectivity index (χ4v) is 1.33. The van der Waals surface area contributed by atoms with E-state index in [1.54, 1.807) is 33.8 Å². The zero-order valence-electron chi connectivity index (χ0n) is 11.3. The van der Waals surface area contributed by atoms with Gasteiger partial charge in [-0.2, -0.15) is 0 Å². The maximum Gasteiger partial charge on any atom is 0.410 e. The lowest BCUT2D eigenvalue weighted by Gasteiger charge is -2.26. The summed E-state index contributed by atoms with van der Waals surface area (Å²) in [5, 5.41) is 3.73. The summed E-state index contributed by atoms with van der Waals surface area (Å²) in [5.74, 6) is 0.578. The minimum absolute atomic E-state index is 0.385. The van der Waals surface area contributed by atoms with Crippen molar-refractivity contribution in [3.05, 3.63) is 17.5 Å². The van der Waals surface area contributed by atoms with Crippen molar-refractivity contribution in [2.24, 2.45) is 0 Å². The molecule has 0 saturated heterocycles. The smallest absolute Gasteiger partial charge is 0.410 e. The molecule has 1 amide bonds. The molecule has 1 atom stereocenters. The Morgan fingerprint density at radius 2 is 2.17 bits per heavy atom. The molecule has 6 heteroatoms. The van der Waals surface area contributed by atoms with Crippen LogP contribution in [0.25, 0.3) is 0 Å². The summed E-state index contributed by atoms with van der Waals surface area (Å²) in [5.41, 5.74) is -0.228. The van der Waals surface area contributed by atoms with Gasteiger partial charge < -0.3 is 14.1 Å². The molecule has 0 fully saturated rings. The number of rotatable bonds is 3. The Morgan fingerprint density at radius 1 is 1.56 bits per heavy atom. The number of aromatic nitrogens is 1. The Labute approximate surface area is 106 Å². The van der Waals surface area contributed by atoms with Crippen LogP contribution in [0.15, 0.2) is 10.6 Å². The third-order valence-electron chi connectivity index (χ3n) is 2.18. The van der Waals surface area contributed by atoms with Gasteiger partial charge in [-0.05, 0) is 27.7 Å². The van der Waals surface area contributed by atoms with Gasteiger partial charge in [0, 0.05) is 13.1 Å². The van der Waals surface area contributed by atoms with Gasteiger partial charge in [0.15, 0.2) is 0 Å². The van der Waals surface area contributed by atoms with Crippen LogP contribution >= 0.6 is 0 Å². The number of aryl methyl sites for hydroxylation is 1. The number of aldehydes is 1. The Hall–Kier alpha value is -1.85. The zero-order chi connectivity index (χ0) is 13.9. The second kappa shape index (κ2) is 5.20. The van der Waals surface area contributed by atoms with Crippen LogP contribution in [0.5, 0.6) is 0 Å². The summed E-state index contributed by atoms with van der Waals surface area (Å²) in [7, 11) is 1.48. The number of hydrogen-bond donors (Lipinski definition) is 0. The van der Waals surface area contributed by atoms with Crippen LogP contribution in [-0.4, -0.2) is 35.1 Å². The Bertz CT molecular complexity index is 434. The first-order valence-corrected chi connectivity index (χ1v) is 5.59. The van der Waals surface area contributed by atoms with Crippen molar-refractivity contribution in [1.82, 2.24) is 10.1 Å². The van der Waals surface area contributed by atoms with Crippen molar-refractivity contribution in [2.75, 3.05) is 7.05 Å². The fraction of sp³-hybridized carbons (Fsp3) is 0.583. The average Bonchev–Trinajstić information content (AvgIpc) is 2.63. The van der Waals surface area contributed by atoms with Crippen molar-refractivity contribution in [3.63, 3.8) is 0 Å². The summed E-state index contributed by atoms with van der Waals surface area (Å²) in [6.07, 6.45) is 0.0431. The van der Waals surface area contributed by atoms with Crippen LogP contribution in [0.4, 0.5) is 4.79 Å². The lowest BCUT2D eigenvalue weighted by atomic mass is 10.2. The number of carbonyl (C=O) groups excluding carboxylic acids is 2. The number of likely N-dealkylation sites (N-methyl/N-ethyl adjacent to an activating group) is 1. The molecule has 0 spiro atoms. The number of hydrogen-bond acceptors (Lipinski definition) is 5. The predicted octanol–water partition coefficient (Wildman–Crippen LogP) is 2.09. The van der Waals surface area contributed by atoms with Crippen LogP contribution in [-0.2, 0) is 9.53 Å². The van der Waals surface area contributed by atoms with Crippen molar-refractivity contribution in [1.29, 1.82) is 0 Å². The Balaban J connectivity index is 2.83. The van der Waals surface area contributed by atoms with Gasteiger partial charge in [0.05, 0.1) is 0 Å². The number of carbonyl (C=O) groups is 2. The van der Waals surface area contributed by atoms with Crippen molar-refractivity contribution in [3.8, 4) is 0 Å². The molecule has 1 rings (SSSR count). The van der Waals surface area contributed by atoms with E-state index in [2.05, 4.69) is 5.16 Å². The first-order chi connectivity index (χ1) is 8.24. The summed E-state index contributed by atoms with van der Waals surface area (Å²) in [6.45, 7) is 6.99. The molecule has 0 saturated carbocycles. The standard InChI is InChI=1S/C12H18N2O4/c1-8-6-9(13-18-8)10(7-15)14(5)11(16)17-12(2,3)4/h6-7,10H,1-5H3. The van der Waals surface area contributed by atoms with Gasteiger partial charge in [-0.3, -0.25) is 4.90 Å². The topological polar surface area (TPSA) is 72.6 Å². The molecule has 0 aliphatic rings. The molecule has 6 nitrogen and oxygen atoms in total. The highest BCUT2D eigenvalue weighted by Gasteiger charge is 2.28. The largest absolute Gasteiger partial charge is 0.444 e. The SMILES string of the molecule is Cc1cc(C(C=O)N(C)C(=O)OC(C)(C)C)no1. The molecular formula is C12H18N2O4. The maximum atomic E-state index is 11.8. The molecule has 100 valence electrons. The van der Waals surface area contributed by atoms with E-state index in [-0.39, 0.29) is 0 Å². The summed E-state index contributed by atoms with van der Waals surface area (Å²) >= 11 is 0. The minimum atomic E-state index is -0.808. The maximum absolute atomic E-state index is 11.8. The number of nitrogens with zero attached hydrogens (tertiary/aromatic N) is 2. The quantitative estimate of drug-likeness (QED) is 0.772. The van der Waals surface area contributed by atoms with Crippen LogP contribution in [0.2, 0.25) is 0 Å². The molecule has 0 N–H and O–H groups in total.